The van der Waals surface area contributed by atoms with Crippen molar-refractivity contribution in [2.45, 2.75) is 26.2 Å². The van der Waals surface area contributed by atoms with Crippen LogP contribution in [0.3, 0.4) is 0 Å². The van der Waals surface area contributed by atoms with E-state index in [9.17, 15) is 9.30 Å². The van der Waals surface area contributed by atoms with Gasteiger partial charge in [-0.15, -0.1) is 4.91 Å². The summed E-state index contributed by atoms with van der Waals surface area (Å²) in [7, 11) is 0. The topological polar surface area (TPSA) is 46.7 Å². The largest absolute Gasteiger partial charge is 0.278 e. The summed E-state index contributed by atoms with van der Waals surface area (Å²) < 4.78 is 15.2. The van der Waals surface area contributed by atoms with Crippen LogP contribution in [-0.4, -0.2) is 9.38 Å². The molecular weight excluding hydrogens is 289 g/mol. The first-order valence-electron chi connectivity index (χ1n) is 5.05. The Hall–Kier alpha value is -1.30. The maximum Gasteiger partial charge on any atom is 0.205 e. The summed E-state index contributed by atoms with van der Waals surface area (Å²) >= 11 is 3.22. The molecule has 2 rings (SSSR count). The molecule has 6 heteroatoms. The zero-order valence-corrected chi connectivity index (χ0v) is 11.2. The van der Waals surface area contributed by atoms with Crippen LogP contribution >= 0.6 is 15.9 Å². The monoisotopic (exact) mass is 299 g/mol. The number of rotatable bonds is 1. The smallest absolute Gasteiger partial charge is 0.205 e. The molecule has 0 atom stereocenters. The molecule has 0 saturated heterocycles. The highest BCUT2D eigenvalue weighted by molar-refractivity contribution is 9.10. The predicted molar refractivity (Wildman–Crippen MR) is 67.0 cm³/mol. The predicted octanol–water partition coefficient (Wildman–Crippen LogP) is 3.93. The Morgan fingerprint density at radius 1 is 1.47 bits per heavy atom. The normalized spacial score (nSPS) is 12.1. The highest BCUT2D eigenvalue weighted by Gasteiger charge is 2.25. The van der Waals surface area contributed by atoms with Gasteiger partial charge in [-0.2, -0.15) is 0 Å². The van der Waals surface area contributed by atoms with E-state index in [0.717, 1.165) is 0 Å². The molecule has 0 radical (unpaired) electrons. The van der Waals surface area contributed by atoms with E-state index in [-0.39, 0.29) is 11.2 Å². The minimum atomic E-state index is -0.452. The first-order valence-corrected chi connectivity index (χ1v) is 5.85. The molecule has 0 spiro atoms. The van der Waals surface area contributed by atoms with Crippen molar-refractivity contribution >= 4 is 27.4 Å². The molecule has 0 unspecified atom stereocenters. The van der Waals surface area contributed by atoms with E-state index in [1.54, 1.807) is 0 Å². The molecule has 0 bridgehead atoms. The Labute approximate surface area is 106 Å². The highest BCUT2D eigenvalue weighted by atomic mass is 79.9. The number of nitrogens with zero attached hydrogens (tertiary/aromatic N) is 3. The van der Waals surface area contributed by atoms with Crippen LogP contribution in [-0.2, 0) is 5.41 Å². The van der Waals surface area contributed by atoms with Crippen molar-refractivity contribution in [3.05, 3.63) is 33.2 Å². The Morgan fingerprint density at radius 3 is 2.65 bits per heavy atom. The average Bonchev–Trinajstić information content (AvgIpc) is 2.55. The first-order chi connectivity index (χ1) is 7.84. The van der Waals surface area contributed by atoms with Crippen LogP contribution < -0.4 is 0 Å². The third kappa shape index (κ3) is 1.97. The number of aromatic nitrogens is 2. The Kier molecular flexibility index (Phi) is 2.77. The standard InChI is InChI=1S/C11H11BrFN3O/c1-11(2,3)8-10(15-17)16-5-6(13)4-7(12)9(16)14-8/h4-5H,1-3H3. The number of pyridine rings is 1. The molecule has 2 aromatic rings. The molecule has 17 heavy (non-hydrogen) atoms. The van der Waals surface area contributed by atoms with Crippen molar-refractivity contribution in [1.82, 2.24) is 9.38 Å². The van der Waals surface area contributed by atoms with Crippen LogP contribution in [0.4, 0.5) is 10.2 Å². The van der Waals surface area contributed by atoms with Gasteiger partial charge in [0.05, 0.1) is 10.2 Å². The molecule has 0 amide bonds. The summed E-state index contributed by atoms with van der Waals surface area (Å²) in [6, 6.07) is 1.31. The van der Waals surface area contributed by atoms with Gasteiger partial charge < -0.3 is 0 Å². The fourth-order valence-corrected chi connectivity index (χ4v) is 2.15. The fraction of sp³-hybridized carbons (Fsp3) is 0.364. The van der Waals surface area contributed by atoms with E-state index in [0.29, 0.717) is 15.8 Å². The van der Waals surface area contributed by atoms with Gasteiger partial charge in [0.15, 0.2) is 5.65 Å². The van der Waals surface area contributed by atoms with E-state index in [1.807, 2.05) is 20.8 Å². The summed E-state index contributed by atoms with van der Waals surface area (Å²) in [6.07, 6.45) is 1.21. The lowest BCUT2D eigenvalue weighted by Gasteiger charge is -2.14. The van der Waals surface area contributed by atoms with Gasteiger partial charge in [0, 0.05) is 11.6 Å². The maximum absolute atomic E-state index is 13.3. The molecule has 0 N–H and O–H groups in total. The van der Waals surface area contributed by atoms with Gasteiger partial charge in [-0.25, -0.2) is 9.37 Å². The van der Waals surface area contributed by atoms with Crippen molar-refractivity contribution in [3.8, 4) is 0 Å². The second-order valence-corrected chi connectivity index (χ2v) is 5.68. The summed E-state index contributed by atoms with van der Waals surface area (Å²) in [5.41, 5.74) is 0.718. The molecule has 90 valence electrons. The highest BCUT2D eigenvalue weighted by Crippen LogP contribution is 2.34. The van der Waals surface area contributed by atoms with E-state index in [4.69, 9.17) is 0 Å². The van der Waals surface area contributed by atoms with Gasteiger partial charge in [0.25, 0.3) is 0 Å². The van der Waals surface area contributed by atoms with Crippen LogP contribution in [0.1, 0.15) is 26.5 Å². The van der Waals surface area contributed by atoms with Crippen molar-refractivity contribution in [1.29, 1.82) is 0 Å². The summed E-state index contributed by atoms with van der Waals surface area (Å²) in [5.74, 6) is -0.306. The molecule has 0 aromatic carbocycles. The van der Waals surface area contributed by atoms with E-state index in [1.165, 1.54) is 16.7 Å². The molecule has 2 heterocycles. The SMILES string of the molecule is CC(C)(C)c1nc2c(Br)cc(F)cn2c1N=O. The van der Waals surface area contributed by atoms with Crippen molar-refractivity contribution in [2.75, 3.05) is 0 Å². The van der Waals surface area contributed by atoms with Gasteiger partial charge in [-0.3, -0.25) is 4.40 Å². The van der Waals surface area contributed by atoms with Gasteiger partial charge in [0.1, 0.15) is 5.82 Å². The second-order valence-electron chi connectivity index (χ2n) is 4.83. The Bertz CT molecular complexity index is 601. The average molecular weight is 300 g/mol. The number of halogens is 2. The minimum absolute atomic E-state index is 0.146. The molecule has 0 aliphatic rings. The fourth-order valence-electron chi connectivity index (χ4n) is 1.65. The Morgan fingerprint density at radius 2 is 2.12 bits per heavy atom. The quantitative estimate of drug-likeness (QED) is 0.749. The summed E-state index contributed by atoms with van der Waals surface area (Å²) in [4.78, 5) is 15.3. The molecule has 0 aliphatic heterocycles. The van der Waals surface area contributed by atoms with Crippen LogP contribution in [0.15, 0.2) is 21.9 Å². The van der Waals surface area contributed by atoms with E-state index in [2.05, 4.69) is 26.1 Å². The van der Waals surface area contributed by atoms with Gasteiger partial charge in [0.2, 0.25) is 5.82 Å². The zero-order chi connectivity index (χ0) is 12.8. The third-order valence-corrected chi connectivity index (χ3v) is 3.00. The molecule has 0 fully saturated rings. The van der Waals surface area contributed by atoms with Crippen molar-refractivity contribution in [3.63, 3.8) is 0 Å². The Balaban J connectivity index is 2.90. The number of imidazole rings is 1. The van der Waals surface area contributed by atoms with E-state index < -0.39 is 5.82 Å². The van der Waals surface area contributed by atoms with E-state index >= 15 is 0 Å². The van der Waals surface area contributed by atoms with Crippen LogP contribution in [0, 0.1) is 10.7 Å². The van der Waals surface area contributed by atoms with Gasteiger partial charge >= 0.3 is 0 Å². The number of nitroso groups, excluding NO2 is 1. The van der Waals surface area contributed by atoms with Gasteiger partial charge in [-0.1, -0.05) is 20.8 Å². The second kappa shape index (κ2) is 3.87. The molecule has 4 nitrogen and oxygen atoms in total. The lowest BCUT2D eigenvalue weighted by Crippen LogP contribution is -2.11. The first kappa shape index (κ1) is 12.2. The van der Waals surface area contributed by atoms with Crippen LogP contribution in [0.2, 0.25) is 0 Å². The van der Waals surface area contributed by atoms with Crippen LogP contribution in [0.5, 0.6) is 0 Å². The number of hydrogen-bond acceptors (Lipinski definition) is 3. The zero-order valence-electron chi connectivity index (χ0n) is 9.66. The summed E-state index contributed by atoms with van der Waals surface area (Å²) in [5, 5.41) is 2.97. The maximum atomic E-state index is 13.3. The molecule has 0 aliphatic carbocycles. The molecule has 2 aromatic heterocycles. The lowest BCUT2D eigenvalue weighted by atomic mass is 9.92. The van der Waals surface area contributed by atoms with Gasteiger partial charge in [-0.05, 0) is 27.2 Å². The van der Waals surface area contributed by atoms with Crippen molar-refractivity contribution in [2.24, 2.45) is 5.18 Å². The third-order valence-electron chi connectivity index (χ3n) is 2.41. The number of hydrogen-bond donors (Lipinski definition) is 0. The molecule has 0 saturated carbocycles. The minimum Gasteiger partial charge on any atom is -0.278 e. The van der Waals surface area contributed by atoms with Crippen LogP contribution in [0.25, 0.3) is 5.65 Å². The summed E-state index contributed by atoms with van der Waals surface area (Å²) in [6.45, 7) is 5.77. The lowest BCUT2D eigenvalue weighted by molar-refractivity contribution is 0.574. The van der Waals surface area contributed by atoms with Crippen molar-refractivity contribution < 1.29 is 4.39 Å². The molecular formula is C11H11BrFN3O. The number of fused-ring (bicyclic) bond motifs is 1.